The second kappa shape index (κ2) is 7.14. The molecule has 1 aliphatic rings. The quantitative estimate of drug-likeness (QED) is 0.504. The predicted molar refractivity (Wildman–Crippen MR) is 115 cm³/mol. The molecule has 1 fully saturated rings. The molecule has 2 unspecified atom stereocenters. The largest absolute Gasteiger partial charge is 0.366 e. The maximum Gasteiger partial charge on any atom is 0.250 e. The Bertz CT molecular complexity index is 1220. The van der Waals surface area contributed by atoms with Crippen molar-refractivity contribution in [3.05, 3.63) is 78.1 Å². The maximum atomic E-state index is 11.8. The molecule has 144 valence electrons. The first-order valence-electron chi connectivity index (χ1n) is 9.71. The highest BCUT2D eigenvalue weighted by Crippen LogP contribution is 2.32. The first kappa shape index (κ1) is 17.6. The molecular formula is C23H21N5O. The van der Waals surface area contributed by atoms with Gasteiger partial charge in [-0.25, -0.2) is 9.97 Å². The van der Waals surface area contributed by atoms with Crippen LogP contribution in [0, 0.1) is 0 Å². The Morgan fingerprint density at radius 1 is 0.966 bits per heavy atom. The lowest BCUT2D eigenvalue weighted by Crippen LogP contribution is -2.28. The zero-order chi connectivity index (χ0) is 19.8. The summed E-state index contributed by atoms with van der Waals surface area (Å²) in [7, 11) is 0. The molecule has 0 bridgehead atoms. The molecule has 1 saturated heterocycles. The number of amides is 1. The second-order valence-corrected chi connectivity index (χ2v) is 7.37. The third kappa shape index (κ3) is 3.07. The average molecular weight is 383 g/mol. The molecule has 4 aromatic rings. The van der Waals surface area contributed by atoms with E-state index in [2.05, 4.69) is 63.1 Å². The lowest BCUT2D eigenvalue weighted by Gasteiger charge is -2.23. The van der Waals surface area contributed by atoms with Crippen molar-refractivity contribution in [2.45, 2.75) is 12.0 Å². The Hall–Kier alpha value is -3.51. The lowest BCUT2D eigenvalue weighted by atomic mass is 9.90. The van der Waals surface area contributed by atoms with Gasteiger partial charge in [-0.2, -0.15) is 0 Å². The van der Waals surface area contributed by atoms with Crippen LogP contribution in [0.1, 0.15) is 21.8 Å². The number of primary amides is 1. The molecule has 2 heterocycles. The molecule has 29 heavy (non-hydrogen) atoms. The van der Waals surface area contributed by atoms with Crippen molar-refractivity contribution in [3.8, 4) is 0 Å². The number of hydrogen-bond acceptors (Lipinski definition) is 5. The molecule has 3 aromatic carbocycles. The predicted octanol–water partition coefficient (Wildman–Crippen LogP) is 3.05. The van der Waals surface area contributed by atoms with Crippen LogP contribution in [0.4, 0.5) is 5.82 Å². The van der Waals surface area contributed by atoms with Gasteiger partial charge in [0.1, 0.15) is 12.1 Å². The molecule has 0 aliphatic carbocycles. The fourth-order valence-corrected chi connectivity index (χ4v) is 4.31. The van der Waals surface area contributed by atoms with Gasteiger partial charge >= 0.3 is 0 Å². The van der Waals surface area contributed by atoms with Gasteiger partial charge in [0.15, 0.2) is 0 Å². The molecule has 1 aromatic heterocycles. The number of nitrogens with zero attached hydrogens (tertiary/aromatic N) is 2. The number of carbonyl (C=O) groups excluding carboxylic acids is 1. The smallest absolute Gasteiger partial charge is 0.250 e. The molecule has 4 N–H and O–H groups in total. The molecule has 1 aliphatic heterocycles. The van der Waals surface area contributed by atoms with Crippen molar-refractivity contribution in [1.29, 1.82) is 0 Å². The van der Waals surface area contributed by atoms with Crippen LogP contribution in [-0.2, 0) is 0 Å². The first-order valence-corrected chi connectivity index (χ1v) is 9.71. The number of hydrogen-bond donors (Lipinski definition) is 3. The molecule has 6 nitrogen and oxygen atoms in total. The summed E-state index contributed by atoms with van der Waals surface area (Å²) in [6.45, 7) is 1.72. The van der Waals surface area contributed by atoms with Crippen molar-refractivity contribution in [2.75, 3.05) is 18.4 Å². The average Bonchev–Trinajstić information content (AvgIpc) is 3.21. The molecule has 6 heteroatoms. The van der Waals surface area contributed by atoms with Crippen molar-refractivity contribution < 1.29 is 4.79 Å². The molecular weight excluding hydrogens is 362 g/mol. The summed E-state index contributed by atoms with van der Waals surface area (Å²) in [5.74, 6) is 0.527. The van der Waals surface area contributed by atoms with Crippen LogP contribution in [0.3, 0.4) is 0 Å². The normalized spacial score (nSPS) is 18.9. The van der Waals surface area contributed by atoms with E-state index in [9.17, 15) is 4.79 Å². The minimum atomic E-state index is -0.489. The van der Waals surface area contributed by atoms with Gasteiger partial charge in [-0.1, -0.05) is 48.5 Å². The summed E-state index contributed by atoms with van der Waals surface area (Å²) >= 11 is 0. The van der Waals surface area contributed by atoms with Gasteiger partial charge in [-0.15, -0.1) is 0 Å². The molecule has 0 spiro atoms. The summed E-state index contributed by atoms with van der Waals surface area (Å²) in [4.78, 5) is 20.5. The second-order valence-electron chi connectivity index (χ2n) is 7.37. The summed E-state index contributed by atoms with van der Waals surface area (Å²) < 4.78 is 0. The molecule has 0 saturated carbocycles. The van der Waals surface area contributed by atoms with Gasteiger partial charge in [0, 0.05) is 30.4 Å². The van der Waals surface area contributed by atoms with E-state index in [1.165, 1.54) is 22.7 Å². The highest BCUT2D eigenvalue weighted by molar-refractivity contribution is 6.06. The number of aromatic nitrogens is 2. The highest BCUT2D eigenvalue weighted by Gasteiger charge is 2.30. The zero-order valence-corrected chi connectivity index (χ0v) is 15.8. The van der Waals surface area contributed by atoms with E-state index >= 15 is 0 Å². The van der Waals surface area contributed by atoms with Gasteiger partial charge in [-0.05, 0) is 28.5 Å². The van der Waals surface area contributed by atoms with E-state index in [-0.39, 0.29) is 6.04 Å². The monoisotopic (exact) mass is 383 g/mol. The Morgan fingerprint density at radius 3 is 2.66 bits per heavy atom. The molecule has 1 amide bonds. The fraction of sp³-hybridized carbons (Fsp3) is 0.174. The Morgan fingerprint density at radius 2 is 1.76 bits per heavy atom. The number of nitrogens with one attached hydrogen (secondary N) is 2. The van der Waals surface area contributed by atoms with Crippen LogP contribution in [0.5, 0.6) is 0 Å². The van der Waals surface area contributed by atoms with Crippen LogP contribution in [0.15, 0.2) is 67.0 Å². The Labute approximate surface area is 168 Å². The van der Waals surface area contributed by atoms with Crippen LogP contribution >= 0.6 is 0 Å². The molecule has 5 rings (SSSR count). The minimum Gasteiger partial charge on any atom is -0.366 e. The van der Waals surface area contributed by atoms with E-state index in [1.54, 1.807) is 6.07 Å². The van der Waals surface area contributed by atoms with Gasteiger partial charge in [0.2, 0.25) is 0 Å². The number of nitrogens with two attached hydrogens (primary N) is 1. The van der Waals surface area contributed by atoms with Crippen LogP contribution < -0.4 is 16.4 Å². The summed E-state index contributed by atoms with van der Waals surface area (Å²) in [6, 6.07) is 20.5. The number of para-hydroxylation sites is 1. The summed E-state index contributed by atoms with van der Waals surface area (Å²) in [5.41, 5.74) is 7.82. The molecule has 0 radical (unpaired) electrons. The van der Waals surface area contributed by atoms with E-state index in [1.807, 2.05) is 12.1 Å². The van der Waals surface area contributed by atoms with E-state index < -0.39 is 5.91 Å². The van der Waals surface area contributed by atoms with E-state index in [4.69, 9.17) is 5.73 Å². The van der Waals surface area contributed by atoms with Crippen molar-refractivity contribution in [1.82, 2.24) is 15.3 Å². The number of fused-ring (bicyclic) bond motifs is 2. The van der Waals surface area contributed by atoms with E-state index in [0.29, 0.717) is 17.0 Å². The zero-order valence-electron chi connectivity index (χ0n) is 15.8. The highest BCUT2D eigenvalue weighted by atomic mass is 16.1. The number of anilines is 1. The summed E-state index contributed by atoms with van der Waals surface area (Å²) in [6.07, 6.45) is 1.48. The van der Waals surface area contributed by atoms with E-state index in [0.717, 1.165) is 24.3 Å². The lowest BCUT2D eigenvalue weighted by molar-refractivity contribution is 0.100. The van der Waals surface area contributed by atoms with Crippen molar-refractivity contribution >= 4 is 33.4 Å². The Balaban J connectivity index is 1.54. The first-order chi connectivity index (χ1) is 14.2. The fourth-order valence-electron chi connectivity index (χ4n) is 4.31. The van der Waals surface area contributed by atoms with Gasteiger partial charge in [0.25, 0.3) is 5.91 Å². The Kier molecular flexibility index (Phi) is 4.33. The SMILES string of the molecule is NC(=O)c1cccc2c(NC3CNCC3c3cccc4ccccc34)ncnc12. The van der Waals surface area contributed by atoms with Crippen molar-refractivity contribution in [2.24, 2.45) is 5.73 Å². The standard InChI is InChI=1S/C23H21N5O/c24-22(29)17-9-4-10-18-21(17)26-13-27-23(18)28-20-12-25-11-19(20)16-8-3-6-14-5-1-2-7-15(14)16/h1-10,13,19-20,25H,11-12H2,(H2,24,29)(H,26,27,28). The van der Waals surface area contributed by atoms with Gasteiger partial charge in [0.05, 0.1) is 11.1 Å². The van der Waals surface area contributed by atoms with Gasteiger partial charge < -0.3 is 16.4 Å². The van der Waals surface area contributed by atoms with Crippen LogP contribution in [0.2, 0.25) is 0 Å². The third-order valence-electron chi connectivity index (χ3n) is 5.69. The number of carbonyl (C=O) groups is 1. The summed E-state index contributed by atoms with van der Waals surface area (Å²) in [5, 5.41) is 10.4. The van der Waals surface area contributed by atoms with Gasteiger partial charge in [-0.3, -0.25) is 4.79 Å². The number of rotatable bonds is 4. The third-order valence-corrected chi connectivity index (χ3v) is 5.69. The minimum absolute atomic E-state index is 0.163. The topological polar surface area (TPSA) is 92.9 Å². The van der Waals surface area contributed by atoms with Crippen molar-refractivity contribution in [3.63, 3.8) is 0 Å². The van der Waals surface area contributed by atoms with Crippen LogP contribution in [0.25, 0.3) is 21.7 Å². The number of benzene rings is 3. The van der Waals surface area contributed by atoms with Crippen LogP contribution in [-0.4, -0.2) is 35.0 Å². The maximum absolute atomic E-state index is 11.8. The molecule has 2 atom stereocenters.